The van der Waals surface area contributed by atoms with Crippen LogP contribution in [0.2, 0.25) is 0 Å². The zero-order chi connectivity index (χ0) is 8.43. The van der Waals surface area contributed by atoms with E-state index in [1.165, 1.54) is 13.1 Å². The first-order chi connectivity index (χ1) is 5.13. The molecule has 1 aromatic rings. The quantitative estimate of drug-likeness (QED) is 0.663. The summed E-state index contributed by atoms with van der Waals surface area (Å²) < 4.78 is 12.7. The molecule has 0 atom stereocenters. The first-order valence-electron chi connectivity index (χ1n) is 2.97. The molecule has 0 aliphatic heterocycles. The summed E-state index contributed by atoms with van der Waals surface area (Å²) in [5, 5.41) is 8.47. The minimum Gasteiger partial charge on any atom is -0.478 e. The monoisotopic (exact) mass is 155 g/mol. The fraction of sp³-hybridized carbons (Fsp3) is 0.143. The summed E-state index contributed by atoms with van der Waals surface area (Å²) in [6.07, 6.45) is 1.23. The fourth-order valence-electron chi connectivity index (χ4n) is 0.792. The molecule has 0 aliphatic carbocycles. The number of halogens is 1. The van der Waals surface area contributed by atoms with E-state index in [1.54, 1.807) is 0 Å². The first-order valence-corrected chi connectivity index (χ1v) is 2.97. The van der Waals surface area contributed by atoms with Crippen LogP contribution in [-0.2, 0) is 0 Å². The van der Waals surface area contributed by atoms with Crippen molar-refractivity contribution in [3.63, 3.8) is 0 Å². The van der Waals surface area contributed by atoms with E-state index < -0.39 is 11.8 Å². The summed E-state index contributed by atoms with van der Waals surface area (Å²) >= 11 is 0. The van der Waals surface area contributed by atoms with Crippen LogP contribution in [0, 0.1) is 12.7 Å². The fourth-order valence-corrected chi connectivity index (χ4v) is 0.792. The third-order valence-electron chi connectivity index (χ3n) is 1.30. The van der Waals surface area contributed by atoms with Crippen molar-refractivity contribution in [1.82, 2.24) is 4.98 Å². The summed E-state index contributed by atoms with van der Waals surface area (Å²) in [6.45, 7) is 1.45. The molecule has 0 aromatic carbocycles. The Labute approximate surface area is 62.5 Å². The molecule has 0 radical (unpaired) electrons. The van der Waals surface area contributed by atoms with Gasteiger partial charge in [-0.2, -0.15) is 0 Å². The number of aromatic nitrogens is 1. The maximum Gasteiger partial charge on any atom is 0.340 e. The van der Waals surface area contributed by atoms with Crippen LogP contribution in [-0.4, -0.2) is 16.1 Å². The van der Waals surface area contributed by atoms with Crippen LogP contribution in [0.3, 0.4) is 0 Å². The van der Waals surface area contributed by atoms with Gasteiger partial charge in [-0.15, -0.1) is 0 Å². The number of pyridine rings is 1. The lowest BCUT2D eigenvalue weighted by Gasteiger charge is -1.98. The summed E-state index contributed by atoms with van der Waals surface area (Å²) in [5.41, 5.74) is -0.162. The third kappa shape index (κ3) is 1.34. The van der Waals surface area contributed by atoms with E-state index in [0.717, 1.165) is 6.07 Å². The molecule has 0 aliphatic rings. The second kappa shape index (κ2) is 2.65. The van der Waals surface area contributed by atoms with Gasteiger partial charge in [-0.1, -0.05) is 0 Å². The highest BCUT2D eigenvalue weighted by molar-refractivity contribution is 5.88. The zero-order valence-corrected chi connectivity index (χ0v) is 5.84. The predicted molar refractivity (Wildman–Crippen MR) is 35.9 cm³/mol. The number of aromatic carboxylic acids is 1. The average molecular weight is 155 g/mol. The maximum absolute atomic E-state index is 12.7. The summed E-state index contributed by atoms with van der Waals surface area (Å²) in [7, 11) is 0. The smallest absolute Gasteiger partial charge is 0.340 e. The Kier molecular flexibility index (Phi) is 1.85. The van der Waals surface area contributed by atoms with Gasteiger partial charge in [0.1, 0.15) is 11.4 Å². The van der Waals surface area contributed by atoms with Crippen LogP contribution in [0.1, 0.15) is 16.1 Å². The highest BCUT2D eigenvalue weighted by atomic mass is 19.1. The Balaban J connectivity index is 3.32. The normalized spacial score (nSPS) is 9.64. The number of rotatable bonds is 1. The highest BCUT2D eigenvalue weighted by Crippen LogP contribution is 2.08. The number of hydrogen-bond donors (Lipinski definition) is 1. The van der Waals surface area contributed by atoms with Crippen LogP contribution in [0.25, 0.3) is 0 Å². The molecule has 0 amide bonds. The molecule has 0 bridgehead atoms. The van der Waals surface area contributed by atoms with E-state index in [2.05, 4.69) is 4.98 Å². The molecule has 0 fully saturated rings. The van der Waals surface area contributed by atoms with E-state index in [1.807, 2.05) is 0 Å². The van der Waals surface area contributed by atoms with Gasteiger partial charge < -0.3 is 5.11 Å². The Morgan fingerprint density at radius 1 is 1.73 bits per heavy atom. The van der Waals surface area contributed by atoms with Crippen molar-refractivity contribution in [2.24, 2.45) is 0 Å². The van der Waals surface area contributed by atoms with E-state index in [9.17, 15) is 9.18 Å². The Morgan fingerprint density at radius 2 is 2.36 bits per heavy atom. The number of carbonyl (C=O) groups is 1. The molecular formula is C7H6FNO2. The molecule has 3 nitrogen and oxygen atoms in total. The van der Waals surface area contributed by atoms with Crippen LogP contribution < -0.4 is 0 Å². The molecule has 1 N–H and O–H groups in total. The molecule has 1 heterocycles. The minimum atomic E-state index is -1.28. The molecule has 11 heavy (non-hydrogen) atoms. The minimum absolute atomic E-state index is 0.192. The Bertz CT molecular complexity index is 278. The highest BCUT2D eigenvalue weighted by Gasteiger charge is 2.12. The Morgan fingerprint density at radius 3 is 2.73 bits per heavy atom. The molecular weight excluding hydrogens is 149 g/mol. The molecule has 58 valence electrons. The second-order valence-corrected chi connectivity index (χ2v) is 2.06. The molecule has 1 aromatic heterocycles. The van der Waals surface area contributed by atoms with E-state index >= 15 is 0 Å². The summed E-state index contributed by atoms with van der Waals surface area (Å²) in [4.78, 5) is 14.0. The number of carboxylic acids is 1. The van der Waals surface area contributed by atoms with Gasteiger partial charge in [-0.05, 0) is 13.0 Å². The number of aryl methyl sites for hydroxylation is 1. The standard InChI is InChI=1S/C7H6FNO2/c1-4-6(7(10)11)5(8)2-3-9-4/h2-3H,1H3,(H,10,11). The van der Waals surface area contributed by atoms with Crippen molar-refractivity contribution < 1.29 is 14.3 Å². The van der Waals surface area contributed by atoms with Crippen molar-refractivity contribution >= 4 is 5.97 Å². The molecule has 4 heteroatoms. The lowest BCUT2D eigenvalue weighted by molar-refractivity contribution is 0.0690. The van der Waals surface area contributed by atoms with Gasteiger partial charge in [0.15, 0.2) is 0 Å². The van der Waals surface area contributed by atoms with Crippen LogP contribution in [0.4, 0.5) is 4.39 Å². The third-order valence-corrected chi connectivity index (χ3v) is 1.30. The SMILES string of the molecule is Cc1nccc(F)c1C(=O)O. The molecule has 1 rings (SSSR count). The van der Waals surface area contributed by atoms with Gasteiger partial charge in [0.25, 0.3) is 0 Å². The van der Waals surface area contributed by atoms with Crippen molar-refractivity contribution in [3.05, 3.63) is 29.3 Å². The van der Waals surface area contributed by atoms with Gasteiger partial charge in [-0.3, -0.25) is 4.98 Å². The molecule has 0 unspecified atom stereocenters. The van der Waals surface area contributed by atoms with Gasteiger partial charge in [0.2, 0.25) is 0 Å². The van der Waals surface area contributed by atoms with Gasteiger partial charge >= 0.3 is 5.97 Å². The zero-order valence-electron chi connectivity index (χ0n) is 5.84. The van der Waals surface area contributed by atoms with E-state index in [0.29, 0.717) is 0 Å². The van der Waals surface area contributed by atoms with Crippen molar-refractivity contribution in [3.8, 4) is 0 Å². The van der Waals surface area contributed by atoms with Crippen LogP contribution >= 0.6 is 0 Å². The lowest BCUT2D eigenvalue weighted by Crippen LogP contribution is -2.04. The van der Waals surface area contributed by atoms with Crippen molar-refractivity contribution in [1.29, 1.82) is 0 Å². The first kappa shape index (κ1) is 7.65. The predicted octanol–water partition coefficient (Wildman–Crippen LogP) is 1.23. The molecule has 0 saturated heterocycles. The van der Waals surface area contributed by atoms with Gasteiger partial charge in [-0.25, -0.2) is 9.18 Å². The van der Waals surface area contributed by atoms with Gasteiger partial charge in [0, 0.05) is 6.20 Å². The average Bonchev–Trinajstić information content (AvgIpc) is 1.85. The van der Waals surface area contributed by atoms with Crippen LogP contribution in [0.5, 0.6) is 0 Å². The van der Waals surface area contributed by atoms with E-state index in [-0.39, 0.29) is 11.3 Å². The number of nitrogens with zero attached hydrogens (tertiary/aromatic N) is 1. The Hall–Kier alpha value is -1.45. The largest absolute Gasteiger partial charge is 0.478 e. The summed E-state index contributed by atoms with van der Waals surface area (Å²) in [5.74, 6) is -2.03. The summed E-state index contributed by atoms with van der Waals surface area (Å²) in [6, 6.07) is 1.02. The van der Waals surface area contributed by atoms with E-state index in [4.69, 9.17) is 5.11 Å². The molecule has 0 spiro atoms. The lowest BCUT2D eigenvalue weighted by atomic mass is 10.2. The topological polar surface area (TPSA) is 50.2 Å². The van der Waals surface area contributed by atoms with Crippen molar-refractivity contribution in [2.75, 3.05) is 0 Å². The number of hydrogen-bond acceptors (Lipinski definition) is 2. The van der Waals surface area contributed by atoms with Gasteiger partial charge in [0.05, 0.1) is 5.69 Å². The van der Waals surface area contributed by atoms with Crippen molar-refractivity contribution in [2.45, 2.75) is 6.92 Å². The maximum atomic E-state index is 12.7. The van der Waals surface area contributed by atoms with Crippen LogP contribution in [0.15, 0.2) is 12.3 Å². The molecule has 0 saturated carbocycles. The number of carboxylic acid groups (broad SMARTS) is 1. The second-order valence-electron chi connectivity index (χ2n) is 2.06.